The van der Waals surface area contributed by atoms with Crippen molar-refractivity contribution in [3.8, 4) is 0 Å². The van der Waals surface area contributed by atoms with E-state index in [0.29, 0.717) is 18.1 Å². The summed E-state index contributed by atoms with van der Waals surface area (Å²) in [5.41, 5.74) is 1.23. The summed E-state index contributed by atoms with van der Waals surface area (Å²) in [6, 6.07) is -0.931. The third kappa shape index (κ3) is 3.24. The number of carboxylic acid groups (broad SMARTS) is 1. The van der Waals surface area contributed by atoms with Crippen molar-refractivity contribution in [3.05, 3.63) is 17.5 Å². The van der Waals surface area contributed by atoms with E-state index in [0.717, 1.165) is 12.2 Å². The summed E-state index contributed by atoms with van der Waals surface area (Å²) in [6.45, 7) is 7.37. The number of aromatic nitrogens is 2. The molecule has 21 heavy (non-hydrogen) atoms. The van der Waals surface area contributed by atoms with Crippen molar-refractivity contribution in [3.63, 3.8) is 0 Å². The van der Waals surface area contributed by atoms with Crippen molar-refractivity contribution in [2.75, 3.05) is 19.8 Å². The Balaban J connectivity index is 2.22. The van der Waals surface area contributed by atoms with E-state index in [1.807, 2.05) is 6.92 Å². The Kier molecular flexibility index (Phi) is 4.62. The maximum Gasteiger partial charge on any atom is 0.328 e. The second-order valence-corrected chi connectivity index (χ2v) is 5.65. The van der Waals surface area contributed by atoms with Gasteiger partial charge in [0.25, 0.3) is 5.91 Å². The Morgan fingerprint density at radius 1 is 1.52 bits per heavy atom. The van der Waals surface area contributed by atoms with Gasteiger partial charge in [-0.05, 0) is 12.8 Å². The van der Waals surface area contributed by atoms with E-state index >= 15 is 0 Å². The maximum atomic E-state index is 12.6. The van der Waals surface area contributed by atoms with Gasteiger partial charge < -0.3 is 14.7 Å². The SMILES string of the molecule is Cc1c(C(=O)N2CCOCC2C(=O)O)cnn1CC(C)C. The molecule has 1 aromatic heterocycles. The highest BCUT2D eigenvalue weighted by Crippen LogP contribution is 2.16. The van der Waals surface area contributed by atoms with Crippen LogP contribution >= 0.6 is 0 Å². The second kappa shape index (κ2) is 6.26. The van der Waals surface area contributed by atoms with Gasteiger partial charge in [0.1, 0.15) is 0 Å². The van der Waals surface area contributed by atoms with Gasteiger partial charge in [-0.25, -0.2) is 4.79 Å². The lowest BCUT2D eigenvalue weighted by molar-refractivity contribution is -0.147. The highest BCUT2D eigenvalue weighted by atomic mass is 16.5. The summed E-state index contributed by atoms with van der Waals surface area (Å²) in [7, 11) is 0. The normalized spacial score (nSPS) is 19.0. The van der Waals surface area contributed by atoms with Crippen LogP contribution in [0, 0.1) is 12.8 Å². The average Bonchev–Trinajstić information content (AvgIpc) is 2.79. The quantitative estimate of drug-likeness (QED) is 0.887. The largest absolute Gasteiger partial charge is 0.480 e. The summed E-state index contributed by atoms with van der Waals surface area (Å²) in [4.78, 5) is 25.2. The van der Waals surface area contributed by atoms with Gasteiger partial charge in [0, 0.05) is 18.8 Å². The molecule has 1 amide bonds. The number of carbonyl (C=O) groups excluding carboxylic acids is 1. The van der Waals surface area contributed by atoms with E-state index in [1.54, 1.807) is 4.68 Å². The van der Waals surface area contributed by atoms with Crippen molar-refractivity contribution in [1.82, 2.24) is 14.7 Å². The molecule has 2 rings (SSSR count). The number of aliphatic carboxylic acids is 1. The van der Waals surface area contributed by atoms with Crippen LogP contribution in [0.1, 0.15) is 29.9 Å². The molecule has 1 aliphatic rings. The van der Waals surface area contributed by atoms with Gasteiger partial charge >= 0.3 is 5.97 Å². The number of carboxylic acids is 1. The van der Waals surface area contributed by atoms with E-state index in [1.165, 1.54) is 11.1 Å². The first-order valence-electron chi connectivity index (χ1n) is 7.05. The maximum absolute atomic E-state index is 12.6. The summed E-state index contributed by atoms with van der Waals surface area (Å²) < 4.78 is 6.94. The van der Waals surface area contributed by atoms with Crippen molar-refractivity contribution in [1.29, 1.82) is 0 Å². The number of morpholine rings is 1. The van der Waals surface area contributed by atoms with Crippen LogP contribution in [0.4, 0.5) is 0 Å². The molecule has 2 heterocycles. The summed E-state index contributed by atoms with van der Waals surface area (Å²) in [5, 5.41) is 13.4. The Hall–Kier alpha value is -1.89. The van der Waals surface area contributed by atoms with Crippen LogP contribution in [0.25, 0.3) is 0 Å². The summed E-state index contributed by atoms with van der Waals surface area (Å²) >= 11 is 0. The van der Waals surface area contributed by atoms with E-state index < -0.39 is 12.0 Å². The van der Waals surface area contributed by atoms with E-state index in [2.05, 4.69) is 18.9 Å². The lowest BCUT2D eigenvalue weighted by Crippen LogP contribution is -2.52. The number of rotatable bonds is 4. The molecule has 0 bridgehead atoms. The standard InChI is InChI=1S/C14H21N3O4/c1-9(2)7-17-10(3)11(6-15-17)13(18)16-4-5-21-8-12(16)14(19)20/h6,9,12H,4-5,7-8H2,1-3H3,(H,19,20). The van der Waals surface area contributed by atoms with Gasteiger partial charge in [-0.15, -0.1) is 0 Å². The fourth-order valence-corrected chi connectivity index (χ4v) is 2.39. The number of carbonyl (C=O) groups is 2. The van der Waals surface area contributed by atoms with Crippen molar-refractivity contribution in [2.45, 2.75) is 33.4 Å². The zero-order chi connectivity index (χ0) is 15.6. The van der Waals surface area contributed by atoms with E-state index in [9.17, 15) is 14.7 Å². The van der Waals surface area contributed by atoms with Crippen LogP contribution < -0.4 is 0 Å². The molecule has 1 atom stereocenters. The summed E-state index contributed by atoms with van der Waals surface area (Å²) in [6.07, 6.45) is 1.52. The monoisotopic (exact) mass is 295 g/mol. The molecule has 1 aromatic rings. The molecule has 0 radical (unpaired) electrons. The van der Waals surface area contributed by atoms with Crippen molar-refractivity contribution < 1.29 is 19.4 Å². The first-order valence-corrected chi connectivity index (χ1v) is 7.05. The van der Waals surface area contributed by atoms with Gasteiger partial charge in [-0.3, -0.25) is 9.48 Å². The van der Waals surface area contributed by atoms with Crippen LogP contribution in [0.2, 0.25) is 0 Å². The fraction of sp³-hybridized carbons (Fsp3) is 0.643. The molecule has 0 spiro atoms. The van der Waals surface area contributed by atoms with Gasteiger partial charge in [0.05, 0.1) is 25.0 Å². The van der Waals surface area contributed by atoms with Gasteiger partial charge in [0.15, 0.2) is 6.04 Å². The molecule has 7 heteroatoms. The Morgan fingerprint density at radius 2 is 2.24 bits per heavy atom. The molecule has 116 valence electrons. The number of ether oxygens (including phenoxy) is 1. The number of hydrogen-bond donors (Lipinski definition) is 1. The third-order valence-corrected chi connectivity index (χ3v) is 3.55. The van der Waals surface area contributed by atoms with Crippen LogP contribution in [0.15, 0.2) is 6.20 Å². The van der Waals surface area contributed by atoms with Gasteiger partial charge in [-0.1, -0.05) is 13.8 Å². The minimum atomic E-state index is -1.05. The molecule has 1 saturated heterocycles. The average molecular weight is 295 g/mol. The lowest BCUT2D eigenvalue weighted by Gasteiger charge is -2.32. The molecule has 1 N–H and O–H groups in total. The fourth-order valence-electron chi connectivity index (χ4n) is 2.39. The molecular formula is C14H21N3O4. The minimum Gasteiger partial charge on any atom is -0.480 e. The zero-order valence-corrected chi connectivity index (χ0v) is 12.6. The highest BCUT2D eigenvalue weighted by molar-refractivity contribution is 5.97. The van der Waals surface area contributed by atoms with Crippen LogP contribution in [-0.4, -0.2) is 57.5 Å². The highest BCUT2D eigenvalue weighted by Gasteiger charge is 2.34. The third-order valence-electron chi connectivity index (χ3n) is 3.55. The zero-order valence-electron chi connectivity index (χ0n) is 12.6. The predicted octanol–water partition coefficient (Wildman–Crippen LogP) is 0.773. The van der Waals surface area contributed by atoms with Gasteiger partial charge in [0.2, 0.25) is 0 Å². The molecule has 0 aromatic carbocycles. The van der Waals surface area contributed by atoms with Crippen LogP contribution in [0.3, 0.4) is 0 Å². The number of hydrogen-bond acceptors (Lipinski definition) is 4. The topological polar surface area (TPSA) is 84.7 Å². The molecule has 7 nitrogen and oxygen atoms in total. The smallest absolute Gasteiger partial charge is 0.328 e. The molecular weight excluding hydrogens is 274 g/mol. The van der Waals surface area contributed by atoms with E-state index in [4.69, 9.17) is 4.74 Å². The van der Waals surface area contributed by atoms with Gasteiger partial charge in [-0.2, -0.15) is 5.10 Å². The van der Waals surface area contributed by atoms with Crippen molar-refractivity contribution in [2.24, 2.45) is 5.92 Å². The lowest BCUT2D eigenvalue weighted by atomic mass is 10.1. The summed E-state index contributed by atoms with van der Waals surface area (Å²) in [5.74, 6) is -0.921. The van der Waals surface area contributed by atoms with Crippen molar-refractivity contribution >= 4 is 11.9 Å². The van der Waals surface area contributed by atoms with Crippen LogP contribution in [0.5, 0.6) is 0 Å². The first kappa shape index (κ1) is 15.5. The minimum absolute atomic E-state index is 0.0280. The molecule has 1 aliphatic heterocycles. The first-order chi connectivity index (χ1) is 9.91. The Morgan fingerprint density at radius 3 is 2.86 bits per heavy atom. The molecule has 1 unspecified atom stereocenters. The van der Waals surface area contributed by atoms with Crippen LogP contribution in [-0.2, 0) is 16.1 Å². The number of amides is 1. The predicted molar refractivity (Wildman–Crippen MR) is 75.1 cm³/mol. The Bertz CT molecular complexity index is 538. The molecule has 0 saturated carbocycles. The Labute approximate surface area is 123 Å². The number of nitrogens with zero attached hydrogens (tertiary/aromatic N) is 3. The molecule has 0 aliphatic carbocycles. The second-order valence-electron chi connectivity index (χ2n) is 5.65. The van der Waals surface area contributed by atoms with E-state index in [-0.39, 0.29) is 19.1 Å². The molecule has 1 fully saturated rings.